The summed E-state index contributed by atoms with van der Waals surface area (Å²) < 4.78 is 5.21. The van der Waals surface area contributed by atoms with Gasteiger partial charge in [0.1, 0.15) is 5.75 Å². The number of halogens is 1. The van der Waals surface area contributed by atoms with Gasteiger partial charge < -0.3 is 10.1 Å². The summed E-state index contributed by atoms with van der Waals surface area (Å²) in [6.45, 7) is 6.69. The number of methoxy groups -OCH3 is 1. The Kier molecular flexibility index (Phi) is 6.09. The summed E-state index contributed by atoms with van der Waals surface area (Å²) in [5, 5.41) is 3.58. The third-order valence-corrected chi connectivity index (χ3v) is 4.79. The molecule has 1 saturated heterocycles. The topological polar surface area (TPSA) is 41.6 Å². The van der Waals surface area contributed by atoms with Crippen molar-refractivity contribution in [2.24, 2.45) is 5.92 Å². The van der Waals surface area contributed by atoms with Gasteiger partial charge in [0.25, 0.3) is 0 Å². The van der Waals surface area contributed by atoms with Gasteiger partial charge in [-0.15, -0.1) is 0 Å². The fraction of sp³-hybridized carbons (Fsp3) is 0.588. The second-order valence-electron chi connectivity index (χ2n) is 5.99. The molecule has 0 unspecified atom stereocenters. The standard InChI is InChI=1S/C17H25ClN2O2/c1-12(15-4-5-17(22-3)16(18)10-15)20-8-6-14(7-9-20)11-19-13(2)21/h4-5,10,12,14H,6-9,11H2,1-3H3,(H,19,21)/t12-/m1/s1. The van der Waals surface area contributed by atoms with Gasteiger partial charge in [0.2, 0.25) is 5.91 Å². The van der Waals surface area contributed by atoms with Crippen LogP contribution in [0.5, 0.6) is 5.75 Å². The van der Waals surface area contributed by atoms with Gasteiger partial charge in [-0.3, -0.25) is 9.69 Å². The molecule has 1 amide bonds. The Hall–Kier alpha value is -1.26. The lowest BCUT2D eigenvalue weighted by Crippen LogP contribution is -2.39. The highest BCUT2D eigenvalue weighted by atomic mass is 35.5. The van der Waals surface area contributed by atoms with Gasteiger partial charge in [-0.1, -0.05) is 17.7 Å². The fourth-order valence-electron chi connectivity index (χ4n) is 2.99. The van der Waals surface area contributed by atoms with E-state index in [-0.39, 0.29) is 5.91 Å². The van der Waals surface area contributed by atoms with Crippen LogP contribution < -0.4 is 10.1 Å². The van der Waals surface area contributed by atoms with E-state index in [9.17, 15) is 4.79 Å². The van der Waals surface area contributed by atoms with Crippen LogP contribution in [-0.4, -0.2) is 37.6 Å². The van der Waals surface area contributed by atoms with Crippen LogP contribution in [0.15, 0.2) is 18.2 Å². The van der Waals surface area contributed by atoms with Gasteiger partial charge in [0.15, 0.2) is 0 Å². The fourth-order valence-corrected chi connectivity index (χ4v) is 3.25. The van der Waals surface area contributed by atoms with Crippen LogP contribution in [-0.2, 0) is 4.79 Å². The van der Waals surface area contributed by atoms with Gasteiger partial charge in [-0.05, 0) is 56.5 Å². The number of piperidine rings is 1. The zero-order valence-electron chi connectivity index (χ0n) is 13.6. The number of nitrogens with one attached hydrogen (secondary N) is 1. The second-order valence-corrected chi connectivity index (χ2v) is 6.39. The van der Waals surface area contributed by atoms with E-state index < -0.39 is 0 Å². The molecule has 4 nitrogen and oxygen atoms in total. The van der Waals surface area contributed by atoms with E-state index in [4.69, 9.17) is 16.3 Å². The molecule has 0 radical (unpaired) electrons. The van der Waals surface area contributed by atoms with Crippen LogP contribution in [0.25, 0.3) is 0 Å². The van der Waals surface area contributed by atoms with Crippen LogP contribution in [0.2, 0.25) is 5.02 Å². The predicted molar refractivity (Wildman–Crippen MR) is 89.4 cm³/mol. The van der Waals surface area contributed by atoms with E-state index in [2.05, 4.69) is 23.2 Å². The minimum Gasteiger partial charge on any atom is -0.495 e. The molecule has 1 aromatic rings. The molecule has 0 aromatic heterocycles. The molecule has 1 aliphatic rings. The van der Waals surface area contributed by atoms with Gasteiger partial charge in [0.05, 0.1) is 12.1 Å². The molecule has 1 aliphatic heterocycles. The Balaban J connectivity index is 1.90. The maximum absolute atomic E-state index is 11.0. The molecule has 1 aromatic carbocycles. The summed E-state index contributed by atoms with van der Waals surface area (Å²) in [5.41, 5.74) is 1.21. The zero-order valence-corrected chi connectivity index (χ0v) is 14.3. The Bertz CT molecular complexity index is 513. The number of likely N-dealkylation sites (tertiary alicyclic amines) is 1. The molecule has 1 heterocycles. The maximum Gasteiger partial charge on any atom is 0.216 e. The molecule has 122 valence electrons. The summed E-state index contributed by atoms with van der Waals surface area (Å²) in [7, 11) is 1.63. The second kappa shape index (κ2) is 7.84. The number of benzene rings is 1. The van der Waals surface area contributed by atoms with Crippen molar-refractivity contribution in [1.29, 1.82) is 0 Å². The Morgan fingerprint density at radius 3 is 2.68 bits per heavy atom. The highest BCUT2D eigenvalue weighted by molar-refractivity contribution is 6.32. The summed E-state index contributed by atoms with van der Waals surface area (Å²) in [4.78, 5) is 13.5. The molecule has 1 fully saturated rings. The smallest absolute Gasteiger partial charge is 0.216 e. The van der Waals surface area contributed by atoms with E-state index in [0.29, 0.717) is 22.7 Å². The average molecular weight is 325 g/mol. The highest BCUT2D eigenvalue weighted by Gasteiger charge is 2.24. The van der Waals surface area contributed by atoms with Gasteiger partial charge in [-0.2, -0.15) is 0 Å². The van der Waals surface area contributed by atoms with Crippen molar-refractivity contribution in [2.75, 3.05) is 26.7 Å². The first-order valence-corrected chi connectivity index (χ1v) is 8.21. The van der Waals surface area contributed by atoms with Crippen LogP contribution in [0.1, 0.15) is 38.3 Å². The van der Waals surface area contributed by atoms with E-state index in [1.807, 2.05) is 12.1 Å². The summed E-state index contributed by atoms with van der Waals surface area (Å²) in [6.07, 6.45) is 2.24. The Morgan fingerprint density at radius 2 is 2.14 bits per heavy atom. The quantitative estimate of drug-likeness (QED) is 0.904. The first-order chi connectivity index (χ1) is 10.5. The van der Waals surface area contributed by atoms with Crippen molar-refractivity contribution in [1.82, 2.24) is 10.2 Å². The first kappa shape index (κ1) is 17.1. The number of hydrogen-bond donors (Lipinski definition) is 1. The lowest BCUT2D eigenvalue weighted by atomic mass is 9.94. The number of carbonyl (C=O) groups excluding carboxylic acids is 1. The maximum atomic E-state index is 11.0. The number of amides is 1. The normalized spacial score (nSPS) is 18.0. The number of carbonyl (C=O) groups is 1. The Morgan fingerprint density at radius 1 is 1.45 bits per heavy atom. The van der Waals surface area contributed by atoms with Crippen molar-refractivity contribution < 1.29 is 9.53 Å². The van der Waals surface area contributed by atoms with Crippen molar-refractivity contribution in [3.63, 3.8) is 0 Å². The van der Waals surface area contributed by atoms with Crippen LogP contribution in [0, 0.1) is 5.92 Å². The predicted octanol–water partition coefficient (Wildman–Crippen LogP) is 3.26. The monoisotopic (exact) mass is 324 g/mol. The highest BCUT2D eigenvalue weighted by Crippen LogP contribution is 2.31. The summed E-state index contributed by atoms with van der Waals surface area (Å²) >= 11 is 6.22. The van der Waals surface area contributed by atoms with Crippen LogP contribution in [0.4, 0.5) is 0 Å². The molecule has 0 aliphatic carbocycles. The van der Waals surface area contributed by atoms with E-state index >= 15 is 0 Å². The number of rotatable bonds is 5. The molecular formula is C17H25ClN2O2. The molecule has 2 rings (SSSR count). The number of nitrogens with zero attached hydrogens (tertiary/aromatic N) is 1. The summed E-state index contributed by atoms with van der Waals surface area (Å²) in [5.74, 6) is 1.36. The minimum absolute atomic E-state index is 0.0590. The van der Waals surface area contributed by atoms with Crippen molar-refractivity contribution in [3.8, 4) is 5.75 Å². The number of hydrogen-bond acceptors (Lipinski definition) is 3. The molecular weight excluding hydrogens is 300 g/mol. The largest absolute Gasteiger partial charge is 0.495 e. The van der Waals surface area contributed by atoms with E-state index in [0.717, 1.165) is 32.5 Å². The first-order valence-electron chi connectivity index (χ1n) is 7.83. The molecule has 1 N–H and O–H groups in total. The number of ether oxygens (including phenoxy) is 1. The van der Waals surface area contributed by atoms with Crippen LogP contribution in [0.3, 0.4) is 0 Å². The molecule has 5 heteroatoms. The van der Waals surface area contributed by atoms with Gasteiger partial charge >= 0.3 is 0 Å². The minimum atomic E-state index is 0.0590. The SMILES string of the molecule is COc1ccc([C@@H](C)N2CCC(CNC(C)=O)CC2)cc1Cl. The zero-order chi connectivity index (χ0) is 16.1. The molecule has 1 atom stereocenters. The third-order valence-electron chi connectivity index (χ3n) is 4.49. The lowest BCUT2D eigenvalue weighted by molar-refractivity contribution is -0.119. The molecule has 0 saturated carbocycles. The molecule has 0 spiro atoms. The average Bonchev–Trinajstić information content (AvgIpc) is 2.52. The van der Waals surface area contributed by atoms with E-state index in [1.165, 1.54) is 5.56 Å². The lowest BCUT2D eigenvalue weighted by Gasteiger charge is -2.36. The van der Waals surface area contributed by atoms with E-state index in [1.54, 1.807) is 14.0 Å². The van der Waals surface area contributed by atoms with Crippen molar-refractivity contribution >= 4 is 17.5 Å². The van der Waals surface area contributed by atoms with Gasteiger partial charge in [-0.25, -0.2) is 0 Å². The van der Waals surface area contributed by atoms with Crippen molar-refractivity contribution in [3.05, 3.63) is 28.8 Å². The van der Waals surface area contributed by atoms with Crippen molar-refractivity contribution in [2.45, 2.75) is 32.7 Å². The molecule has 22 heavy (non-hydrogen) atoms. The molecule has 0 bridgehead atoms. The third kappa shape index (κ3) is 4.37. The summed E-state index contributed by atoms with van der Waals surface area (Å²) in [6, 6.07) is 6.34. The van der Waals surface area contributed by atoms with Crippen LogP contribution >= 0.6 is 11.6 Å². The van der Waals surface area contributed by atoms with Gasteiger partial charge in [0, 0.05) is 19.5 Å². The Labute approximate surface area is 137 Å².